The Bertz CT molecular complexity index is 564. The lowest BCUT2D eigenvalue weighted by molar-refractivity contribution is 0.357. The van der Waals surface area contributed by atoms with Gasteiger partial charge in [0, 0.05) is 45.3 Å². The van der Waals surface area contributed by atoms with E-state index < -0.39 is 11.6 Å². The molecule has 1 aromatic rings. The van der Waals surface area contributed by atoms with Crippen LogP contribution in [0.5, 0.6) is 0 Å². The Morgan fingerprint density at radius 3 is 2.88 bits per heavy atom. The molecule has 0 radical (unpaired) electrons. The molecule has 0 spiro atoms. The van der Waals surface area contributed by atoms with E-state index in [9.17, 15) is 8.78 Å². The molecule has 1 heterocycles. The van der Waals surface area contributed by atoms with Gasteiger partial charge in [-0.25, -0.2) is 8.78 Å². The van der Waals surface area contributed by atoms with Crippen LogP contribution in [0.2, 0.25) is 0 Å². The first-order chi connectivity index (χ1) is 11.5. The Morgan fingerprint density at radius 2 is 2.21 bits per heavy atom. The topological polar surface area (TPSA) is 42.9 Å². The highest BCUT2D eigenvalue weighted by molar-refractivity contribution is 5.80. The van der Waals surface area contributed by atoms with E-state index in [2.05, 4.69) is 34.5 Å². The van der Waals surface area contributed by atoms with Crippen molar-refractivity contribution in [3.05, 3.63) is 29.8 Å². The molecule has 0 amide bonds. The van der Waals surface area contributed by atoms with Gasteiger partial charge in [0.25, 0.3) is 0 Å². The van der Waals surface area contributed by atoms with Gasteiger partial charge in [-0.3, -0.25) is 4.99 Å². The van der Waals surface area contributed by atoms with Crippen LogP contribution < -0.4 is 15.5 Å². The van der Waals surface area contributed by atoms with Gasteiger partial charge >= 0.3 is 0 Å². The predicted molar refractivity (Wildman–Crippen MR) is 94.6 cm³/mol. The van der Waals surface area contributed by atoms with E-state index in [1.54, 1.807) is 7.05 Å². The van der Waals surface area contributed by atoms with E-state index >= 15 is 0 Å². The number of likely N-dealkylation sites (N-methyl/N-ethyl adjacent to an activating group) is 1. The molecule has 1 saturated heterocycles. The van der Waals surface area contributed by atoms with Crippen molar-refractivity contribution in [2.24, 2.45) is 4.99 Å². The third kappa shape index (κ3) is 5.06. The first-order valence-corrected chi connectivity index (χ1v) is 8.39. The summed E-state index contributed by atoms with van der Waals surface area (Å²) in [6.07, 6.45) is 0.881. The van der Waals surface area contributed by atoms with E-state index in [4.69, 9.17) is 0 Å². The Labute approximate surface area is 142 Å². The summed E-state index contributed by atoms with van der Waals surface area (Å²) in [6.45, 7) is 6.28. The van der Waals surface area contributed by atoms with E-state index in [0.717, 1.165) is 44.6 Å². The largest absolute Gasteiger partial charge is 0.367 e. The number of hydrogen-bond acceptors (Lipinski definition) is 3. The summed E-state index contributed by atoms with van der Waals surface area (Å²) in [6, 6.07) is 3.91. The summed E-state index contributed by atoms with van der Waals surface area (Å²) in [5, 5.41) is 6.66. The molecule has 134 valence electrons. The molecule has 5 nitrogen and oxygen atoms in total. The maximum Gasteiger partial charge on any atom is 0.191 e. The van der Waals surface area contributed by atoms with E-state index in [1.165, 1.54) is 12.1 Å². The monoisotopic (exact) mass is 339 g/mol. The number of aliphatic imine (C=N–C) groups is 1. The zero-order chi connectivity index (χ0) is 17.5. The third-order valence-corrected chi connectivity index (χ3v) is 4.33. The molecule has 0 saturated carbocycles. The van der Waals surface area contributed by atoms with Gasteiger partial charge in [-0.05, 0) is 32.1 Å². The molecule has 0 aromatic heterocycles. The van der Waals surface area contributed by atoms with Crippen molar-refractivity contribution >= 4 is 11.6 Å². The SMILES string of the molecule is CCN(C)CCNC(=NC)NC1CCN(c2ccc(F)cc2F)C1. The quantitative estimate of drug-likeness (QED) is 0.611. The molecule has 1 aliphatic heterocycles. The number of guanidine groups is 1. The van der Waals surface area contributed by atoms with E-state index in [-0.39, 0.29) is 6.04 Å². The van der Waals surface area contributed by atoms with E-state index in [1.807, 2.05) is 4.90 Å². The van der Waals surface area contributed by atoms with Crippen molar-refractivity contribution in [1.29, 1.82) is 0 Å². The van der Waals surface area contributed by atoms with Crippen LogP contribution in [0.1, 0.15) is 13.3 Å². The van der Waals surface area contributed by atoms with Crippen LogP contribution in [0, 0.1) is 11.6 Å². The van der Waals surface area contributed by atoms with Crippen molar-refractivity contribution < 1.29 is 8.78 Å². The fourth-order valence-electron chi connectivity index (χ4n) is 2.75. The smallest absolute Gasteiger partial charge is 0.191 e. The molecule has 7 heteroatoms. The van der Waals surface area contributed by atoms with Crippen molar-refractivity contribution in [2.75, 3.05) is 51.7 Å². The first kappa shape index (κ1) is 18.4. The van der Waals surface area contributed by atoms with Crippen molar-refractivity contribution in [2.45, 2.75) is 19.4 Å². The summed E-state index contributed by atoms with van der Waals surface area (Å²) >= 11 is 0. The van der Waals surface area contributed by atoms with Crippen LogP contribution in [-0.2, 0) is 0 Å². The minimum atomic E-state index is -0.549. The van der Waals surface area contributed by atoms with Crippen LogP contribution in [0.4, 0.5) is 14.5 Å². The van der Waals surface area contributed by atoms with Gasteiger partial charge in [-0.15, -0.1) is 0 Å². The summed E-state index contributed by atoms with van der Waals surface area (Å²) in [4.78, 5) is 8.39. The zero-order valence-electron chi connectivity index (χ0n) is 14.6. The highest BCUT2D eigenvalue weighted by atomic mass is 19.1. The predicted octanol–water partition coefficient (Wildman–Crippen LogP) is 1.66. The lowest BCUT2D eigenvalue weighted by Crippen LogP contribution is -2.46. The minimum absolute atomic E-state index is 0.185. The Balaban J connectivity index is 1.84. The van der Waals surface area contributed by atoms with Crippen LogP contribution >= 0.6 is 0 Å². The molecule has 1 atom stereocenters. The fraction of sp³-hybridized carbons (Fsp3) is 0.588. The van der Waals surface area contributed by atoms with Crippen molar-refractivity contribution in [3.63, 3.8) is 0 Å². The molecule has 24 heavy (non-hydrogen) atoms. The minimum Gasteiger partial charge on any atom is -0.367 e. The number of halogens is 2. The van der Waals surface area contributed by atoms with Gasteiger partial charge in [0.1, 0.15) is 11.6 Å². The van der Waals surface area contributed by atoms with Crippen LogP contribution in [0.15, 0.2) is 23.2 Å². The van der Waals surface area contributed by atoms with Gasteiger partial charge in [-0.2, -0.15) is 0 Å². The summed E-state index contributed by atoms with van der Waals surface area (Å²) in [7, 11) is 3.81. The first-order valence-electron chi connectivity index (χ1n) is 8.39. The van der Waals surface area contributed by atoms with Crippen LogP contribution in [0.3, 0.4) is 0 Å². The van der Waals surface area contributed by atoms with Gasteiger partial charge in [0.15, 0.2) is 5.96 Å². The lowest BCUT2D eigenvalue weighted by atomic mass is 10.2. The summed E-state index contributed by atoms with van der Waals surface area (Å²) in [5.74, 6) is -0.307. The Morgan fingerprint density at radius 1 is 1.42 bits per heavy atom. The molecule has 0 bridgehead atoms. The van der Waals surface area contributed by atoms with E-state index in [0.29, 0.717) is 12.2 Å². The molecule has 2 rings (SSSR count). The Kier molecular flexibility index (Phi) is 6.78. The molecule has 1 aliphatic rings. The molecule has 0 aliphatic carbocycles. The number of nitrogens with one attached hydrogen (secondary N) is 2. The van der Waals surface area contributed by atoms with Crippen LogP contribution in [-0.4, -0.2) is 63.7 Å². The van der Waals surface area contributed by atoms with Gasteiger partial charge < -0.3 is 20.4 Å². The number of hydrogen-bond donors (Lipinski definition) is 2. The number of benzene rings is 1. The van der Waals surface area contributed by atoms with Crippen molar-refractivity contribution in [1.82, 2.24) is 15.5 Å². The van der Waals surface area contributed by atoms with Crippen LogP contribution in [0.25, 0.3) is 0 Å². The highest BCUT2D eigenvalue weighted by Gasteiger charge is 2.25. The maximum absolute atomic E-state index is 13.9. The average molecular weight is 339 g/mol. The highest BCUT2D eigenvalue weighted by Crippen LogP contribution is 2.24. The maximum atomic E-state index is 13.9. The normalized spacial score (nSPS) is 18.3. The molecule has 1 fully saturated rings. The second-order valence-electron chi connectivity index (χ2n) is 6.07. The fourth-order valence-corrected chi connectivity index (χ4v) is 2.75. The zero-order valence-corrected chi connectivity index (χ0v) is 14.6. The number of rotatable bonds is 6. The summed E-state index contributed by atoms with van der Waals surface area (Å²) < 4.78 is 26.9. The van der Waals surface area contributed by atoms with Gasteiger partial charge in [-0.1, -0.05) is 6.92 Å². The van der Waals surface area contributed by atoms with Gasteiger partial charge in [0.2, 0.25) is 0 Å². The number of anilines is 1. The molecular formula is C17H27F2N5. The third-order valence-electron chi connectivity index (χ3n) is 4.33. The second-order valence-corrected chi connectivity index (χ2v) is 6.07. The molecule has 1 unspecified atom stereocenters. The molecule has 2 N–H and O–H groups in total. The molecular weight excluding hydrogens is 312 g/mol. The lowest BCUT2D eigenvalue weighted by Gasteiger charge is -2.21. The van der Waals surface area contributed by atoms with Gasteiger partial charge in [0.05, 0.1) is 5.69 Å². The summed E-state index contributed by atoms with van der Waals surface area (Å²) in [5.41, 5.74) is 0.452. The molecule has 1 aromatic carbocycles. The number of nitrogens with zero attached hydrogens (tertiary/aromatic N) is 3. The second kappa shape index (κ2) is 8.82. The average Bonchev–Trinajstić information content (AvgIpc) is 3.01. The van der Waals surface area contributed by atoms with Crippen molar-refractivity contribution in [3.8, 4) is 0 Å². The Hall–Kier alpha value is -1.89. The standard InChI is InChI=1S/C17H27F2N5/c1-4-23(3)10-8-21-17(20-2)22-14-7-9-24(12-14)16-6-5-13(18)11-15(16)19/h5-6,11,14H,4,7-10,12H2,1-3H3,(H2,20,21,22).